The molecular weight excluding hydrogens is 500 g/mol. The van der Waals surface area contributed by atoms with E-state index in [4.69, 9.17) is 11.6 Å². The quantitative estimate of drug-likeness (QED) is 0.250. The highest BCUT2D eigenvalue weighted by atomic mass is 35.5. The number of sulfonamides is 1. The minimum Gasteiger partial charge on any atom is -0.298 e. The van der Waals surface area contributed by atoms with E-state index in [1.54, 1.807) is 17.5 Å². The summed E-state index contributed by atoms with van der Waals surface area (Å²) in [6.07, 6.45) is 0. The number of nitro benzene ring substituents is 1. The van der Waals surface area contributed by atoms with E-state index in [1.807, 2.05) is 0 Å². The van der Waals surface area contributed by atoms with E-state index >= 15 is 0 Å². The highest BCUT2D eigenvalue weighted by molar-refractivity contribution is 7.92. The Morgan fingerprint density at radius 2 is 1.74 bits per heavy atom. The molecule has 0 saturated carbocycles. The molecule has 2 N–H and O–H groups in total. The van der Waals surface area contributed by atoms with Crippen molar-refractivity contribution in [2.45, 2.75) is 4.90 Å². The Bertz CT molecular complexity index is 1470. The zero-order chi connectivity index (χ0) is 24.3. The van der Waals surface area contributed by atoms with Gasteiger partial charge in [0.1, 0.15) is 0 Å². The zero-order valence-corrected chi connectivity index (χ0v) is 19.5. The Hall–Kier alpha value is -3.80. The van der Waals surface area contributed by atoms with Crippen LogP contribution in [0.15, 0.2) is 83.1 Å². The van der Waals surface area contributed by atoms with Crippen LogP contribution in [-0.2, 0) is 10.0 Å². The first kappa shape index (κ1) is 23.4. The van der Waals surface area contributed by atoms with Gasteiger partial charge >= 0.3 is 0 Å². The summed E-state index contributed by atoms with van der Waals surface area (Å²) >= 11 is 6.97. The Morgan fingerprint density at radius 1 is 1.03 bits per heavy atom. The van der Waals surface area contributed by atoms with E-state index < -0.39 is 20.9 Å². The summed E-state index contributed by atoms with van der Waals surface area (Å²) in [5.74, 6) is -0.438. The fourth-order valence-electron chi connectivity index (χ4n) is 2.93. The highest BCUT2D eigenvalue weighted by Gasteiger charge is 2.15. The number of hydrogen-bond acceptors (Lipinski definition) is 7. The monoisotopic (exact) mass is 514 g/mol. The van der Waals surface area contributed by atoms with Crippen LogP contribution in [0.5, 0.6) is 0 Å². The third-order valence-corrected chi connectivity index (χ3v) is 7.01. The fourth-order valence-corrected chi connectivity index (χ4v) is 4.83. The molecule has 0 aliphatic heterocycles. The van der Waals surface area contributed by atoms with Crippen LogP contribution in [-0.4, -0.2) is 24.2 Å². The number of thiazole rings is 1. The Balaban J connectivity index is 1.43. The lowest BCUT2D eigenvalue weighted by molar-refractivity contribution is -0.384. The molecule has 0 atom stereocenters. The predicted molar refractivity (Wildman–Crippen MR) is 131 cm³/mol. The number of nitrogens with one attached hydrogen (secondary N) is 2. The van der Waals surface area contributed by atoms with Gasteiger partial charge in [0.05, 0.1) is 15.5 Å². The normalized spacial score (nSPS) is 11.1. The lowest BCUT2D eigenvalue weighted by Gasteiger charge is -2.09. The first-order valence-electron chi connectivity index (χ1n) is 9.61. The summed E-state index contributed by atoms with van der Waals surface area (Å²) in [5, 5.41) is 16.1. The van der Waals surface area contributed by atoms with Gasteiger partial charge in [0, 0.05) is 39.3 Å². The SMILES string of the molecule is O=C(Nc1nc(-c2cccc([N+](=O)[O-])c2)cs1)c1ccc(NS(=O)(=O)c2ccc(Cl)cc2)cc1. The number of rotatable bonds is 7. The van der Waals surface area contributed by atoms with Crippen LogP contribution >= 0.6 is 22.9 Å². The first-order valence-corrected chi connectivity index (χ1v) is 12.4. The minimum absolute atomic E-state index is 0.0529. The fraction of sp³-hybridized carbons (Fsp3) is 0. The summed E-state index contributed by atoms with van der Waals surface area (Å²) in [5.41, 5.74) is 1.58. The lowest BCUT2D eigenvalue weighted by atomic mass is 10.1. The molecule has 0 aliphatic rings. The van der Waals surface area contributed by atoms with Crippen molar-refractivity contribution in [2.75, 3.05) is 10.0 Å². The van der Waals surface area contributed by atoms with Crippen LogP contribution in [0.2, 0.25) is 5.02 Å². The van der Waals surface area contributed by atoms with Crippen molar-refractivity contribution in [1.29, 1.82) is 0 Å². The predicted octanol–water partition coefficient (Wildman–Crippen LogP) is 5.42. The molecule has 4 aromatic rings. The average molecular weight is 515 g/mol. The smallest absolute Gasteiger partial charge is 0.270 e. The number of anilines is 2. The van der Waals surface area contributed by atoms with Crippen molar-refractivity contribution in [3.63, 3.8) is 0 Å². The first-order chi connectivity index (χ1) is 16.2. The van der Waals surface area contributed by atoms with Crippen molar-refractivity contribution >= 4 is 55.4 Å². The summed E-state index contributed by atoms with van der Waals surface area (Å²) in [6, 6.07) is 17.7. The molecule has 0 radical (unpaired) electrons. The molecule has 0 spiro atoms. The summed E-state index contributed by atoms with van der Waals surface area (Å²) in [7, 11) is -3.80. The van der Waals surface area contributed by atoms with Crippen LogP contribution in [0.1, 0.15) is 10.4 Å². The summed E-state index contributed by atoms with van der Waals surface area (Å²) in [6.45, 7) is 0. The van der Waals surface area contributed by atoms with Crippen molar-refractivity contribution in [1.82, 2.24) is 4.98 Å². The van der Waals surface area contributed by atoms with Gasteiger partial charge in [0.15, 0.2) is 5.13 Å². The van der Waals surface area contributed by atoms with Gasteiger partial charge in [-0.2, -0.15) is 0 Å². The van der Waals surface area contributed by atoms with Crippen LogP contribution < -0.4 is 10.0 Å². The maximum atomic E-state index is 12.6. The molecule has 0 aliphatic carbocycles. The van der Waals surface area contributed by atoms with Gasteiger partial charge in [0.2, 0.25) is 0 Å². The number of non-ortho nitro benzene ring substituents is 1. The Morgan fingerprint density at radius 3 is 2.41 bits per heavy atom. The molecule has 1 amide bonds. The summed E-state index contributed by atoms with van der Waals surface area (Å²) < 4.78 is 27.4. The topological polar surface area (TPSA) is 131 Å². The van der Waals surface area contributed by atoms with Crippen LogP contribution in [0.4, 0.5) is 16.5 Å². The number of nitro groups is 1. The van der Waals surface area contributed by atoms with Gasteiger partial charge in [-0.25, -0.2) is 13.4 Å². The minimum atomic E-state index is -3.80. The Kier molecular flexibility index (Phi) is 6.59. The zero-order valence-electron chi connectivity index (χ0n) is 17.1. The molecule has 3 aromatic carbocycles. The van der Waals surface area contributed by atoms with Gasteiger partial charge in [-0.15, -0.1) is 11.3 Å². The Labute approximate surface area is 203 Å². The van der Waals surface area contributed by atoms with E-state index in [2.05, 4.69) is 15.0 Å². The van der Waals surface area contributed by atoms with Crippen molar-refractivity contribution in [2.24, 2.45) is 0 Å². The van der Waals surface area contributed by atoms with Crippen molar-refractivity contribution in [3.05, 3.63) is 98.9 Å². The van der Waals surface area contributed by atoms with E-state index in [1.165, 1.54) is 72.0 Å². The maximum absolute atomic E-state index is 12.6. The van der Waals surface area contributed by atoms with Crippen LogP contribution in [0.3, 0.4) is 0 Å². The van der Waals surface area contributed by atoms with E-state index in [9.17, 15) is 23.3 Å². The number of halogens is 1. The van der Waals surface area contributed by atoms with E-state index in [0.717, 1.165) is 0 Å². The van der Waals surface area contributed by atoms with Gasteiger partial charge in [-0.05, 0) is 48.5 Å². The van der Waals surface area contributed by atoms with Crippen LogP contribution in [0, 0.1) is 10.1 Å². The summed E-state index contributed by atoms with van der Waals surface area (Å²) in [4.78, 5) is 27.4. The molecule has 172 valence electrons. The molecule has 9 nitrogen and oxygen atoms in total. The molecule has 12 heteroatoms. The number of carbonyl (C=O) groups excluding carboxylic acids is 1. The van der Waals surface area contributed by atoms with E-state index in [0.29, 0.717) is 27.0 Å². The molecular formula is C22H15ClN4O5S2. The van der Waals surface area contributed by atoms with E-state index in [-0.39, 0.29) is 16.3 Å². The van der Waals surface area contributed by atoms with Gasteiger partial charge in [0.25, 0.3) is 21.6 Å². The average Bonchev–Trinajstić information content (AvgIpc) is 3.28. The van der Waals surface area contributed by atoms with Crippen molar-refractivity contribution < 1.29 is 18.1 Å². The molecule has 0 unspecified atom stereocenters. The second kappa shape index (κ2) is 9.59. The van der Waals surface area contributed by atoms with Gasteiger partial charge in [-0.3, -0.25) is 24.9 Å². The molecule has 0 bridgehead atoms. The number of carbonyl (C=O) groups is 1. The molecule has 0 saturated heterocycles. The molecule has 1 aromatic heterocycles. The van der Waals surface area contributed by atoms with Crippen molar-refractivity contribution in [3.8, 4) is 11.3 Å². The lowest BCUT2D eigenvalue weighted by Crippen LogP contribution is -2.14. The highest BCUT2D eigenvalue weighted by Crippen LogP contribution is 2.28. The maximum Gasteiger partial charge on any atom is 0.270 e. The molecule has 4 rings (SSSR count). The molecule has 34 heavy (non-hydrogen) atoms. The molecule has 0 fully saturated rings. The second-order valence-electron chi connectivity index (χ2n) is 6.94. The van der Waals surface area contributed by atoms with Gasteiger partial charge < -0.3 is 0 Å². The number of aromatic nitrogens is 1. The number of amides is 1. The largest absolute Gasteiger partial charge is 0.298 e. The van der Waals surface area contributed by atoms with Crippen LogP contribution in [0.25, 0.3) is 11.3 Å². The third kappa shape index (κ3) is 5.39. The third-order valence-electron chi connectivity index (χ3n) is 4.60. The van der Waals surface area contributed by atoms with Gasteiger partial charge in [-0.1, -0.05) is 23.7 Å². The number of nitrogens with zero attached hydrogens (tertiary/aromatic N) is 2. The number of benzene rings is 3. The number of hydrogen-bond donors (Lipinski definition) is 2. The molecule has 1 heterocycles. The second-order valence-corrected chi connectivity index (χ2v) is 9.91. The standard InChI is InChI=1S/C22H15ClN4O5S2/c23-16-6-10-19(11-7-16)34(31,32)26-17-8-4-14(5-9-17)21(28)25-22-24-20(13-33-22)15-2-1-3-18(12-15)27(29)30/h1-13,26H,(H,24,25,28).